The number of aryl methyl sites for hydroxylation is 1. The molecule has 0 aliphatic carbocycles. The van der Waals surface area contributed by atoms with Crippen molar-refractivity contribution in [2.24, 2.45) is 0 Å². The predicted molar refractivity (Wildman–Crippen MR) is 51.6 cm³/mol. The van der Waals surface area contributed by atoms with Gasteiger partial charge in [0.25, 0.3) is 0 Å². The Morgan fingerprint density at radius 3 is 2.73 bits per heavy atom. The highest BCUT2D eigenvalue weighted by Gasteiger charge is 2.05. The van der Waals surface area contributed by atoms with E-state index in [0.29, 0.717) is 11.0 Å². The van der Waals surface area contributed by atoms with E-state index >= 15 is 0 Å². The Morgan fingerprint density at radius 2 is 2.07 bits per heavy atom. The van der Waals surface area contributed by atoms with Gasteiger partial charge < -0.3 is 14.3 Å². The molecule has 0 bridgehead atoms. The van der Waals surface area contributed by atoms with Crippen molar-refractivity contribution in [2.45, 2.75) is 6.92 Å². The summed E-state index contributed by atoms with van der Waals surface area (Å²) in [6.45, 7) is 1.85. The van der Waals surface area contributed by atoms with Crippen LogP contribution < -0.4 is 10.7 Å². The second-order valence-electron chi connectivity index (χ2n) is 3.28. The first kappa shape index (κ1) is 9.45. The molecule has 0 aliphatic heterocycles. The lowest BCUT2D eigenvalue weighted by Gasteiger charge is -2.02. The molecule has 4 heteroatoms. The Hall–Kier alpha value is -2.10. The van der Waals surface area contributed by atoms with Gasteiger partial charge in [0.15, 0.2) is 0 Å². The van der Waals surface area contributed by atoms with Gasteiger partial charge in [-0.1, -0.05) is 12.1 Å². The molecule has 76 valence electrons. The fourth-order valence-electron chi connectivity index (χ4n) is 1.36. The Kier molecular flexibility index (Phi) is 2.04. The molecule has 0 fully saturated rings. The number of carboxylic acids is 1. The third kappa shape index (κ3) is 1.61. The fraction of sp³-hybridized carbons (Fsp3) is 0.0909. The fourth-order valence-corrected chi connectivity index (χ4v) is 1.36. The van der Waals surface area contributed by atoms with Crippen LogP contribution in [0.3, 0.4) is 0 Å². The molecular formula is C11H7O4-. The summed E-state index contributed by atoms with van der Waals surface area (Å²) in [4.78, 5) is 21.8. The first-order valence-corrected chi connectivity index (χ1v) is 4.34. The minimum absolute atomic E-state index is 0.380. The van der Waals surface area contributed by atoms with E-state index in [0.717, 1.165) is 5.56 Å². The van der Waals surface area contributed by atoms with Crippen LogP contribution in [0.2, 0.25) is 0 Å². The van der Waals surface area contributed by atoms with Gasteiger partial charge in [-0.15, -0.1) is 0 Å². The summed E-state index contributed by atoms with van der Waals surface area (Å²) in [5.74, 6) is -1.52. The largest absolute Gasteiger partial charge is 0.545 e. The van der Waals surface area contributed by atoms with Gasteiger partial charge in [-0.2, -0.15) is 0 Å². The summed E-state index contributed by atoms with van der Waals surface area (Å²) in [5, 5.41) is 11.1. The molecule has 0 unspecified atom stereocenters. The van der Waals surface area contributed by atoms with Crippen molar-refractivity contribution >= 4 is 16.9 Å². The first-order chi connectivity index (χ1) is 7.08. The molecule has 0 saturated carbocycles. The zero-order valence-corrected chi connectivity index (χ0v) is 7.94. The van der Waals surface area contributed by atoms with Crippen LogP contribution in [-0.2, 0) is 0 Å². The Balaban J connectivity index is 2.82. The SMILES string of the molecule is Cc1ccc2cc(C(=O)[O-])c(=O)oc2c1. The average molecular weight is 203 g/mol. The van der Waals surface area contributed by atoms with Gasteiger partial charge >= 0.3 is 5.63 Å². The van der Waals surface area contributed by atoms with Gasteiger partial charge in [0.2, 0.25) is 0 Å². The predicted octanol–water partition coefficient (Wildman–Crippen LogP) is 0.465. The smallest absolute Gasteiger partial charge is 0.345 e. The molecule has 1 aromatic carbocycles. The van der Waals surface area contributed by atoms with Crippen LogP contribution in [-0.4, -0.2) is 5.97 Å². The third-order valence-corrected chi connectivity index (χ3v) is 2.11. The van der Waals surface area contributed by atoms with Crippen molar-refractivity contribution < 1.29 is 14.3 Å². The van der Waals surface area contributed by atoms with Crippen LogP contribution in [0.4, 0.5) is 0 Å². The van der Waals surface area contributed by atoms with Gasteiger partial charge in [0.1, 0.15) is 5.58 Å². The summed E-state index contributed by atoms with van der Waals surface area (Å²) >= 11 is 0. The second kappa shape index (κ2) is 3.24. The molecule has 0 aliphatic rings. The van der Waals surface area contributed by atoms with Gasteiger partial charge in [0, 0.05) is 5.39 Å². The lowest BCUT2D eigenvalue weighted by Crippen LogP contribution is -2.28. The maximum absolute atomic E-state index is 11.2. The summed E-state index contributed by atoms with van der Waals surface area (Å²) in [7, 11) is 0. The van der Waals surface area contributed by atoms with Crippen molar-refractivity contribution in [1.29, 1.82) is 0 Å². The van der Waals surface area contributed by atoms with E-state index in [-0.39, 0.29) is 0 Å². The number of rotatable bonds is 1. The van der Waals surface area contributed by atoms with Gasteiger partial charge in [-0.25, -0.2) is 4.79 Å². The third-order valence-electron chi connectivity index (χ3n) is 2.11. The number of carboxylic acid groups (broad SMARTS) is 1. The molecule has 0 amide bonds. The Morgan fingerprint density at radius 1 is 1.33 bits per heavy atom. The monoisotopic (exact) mass is 203 g/mol. The molecule has 0 saturated heterocycles. The summed E-state index contributed by atoms with van der Waals surface area (Å²) in [6, 6.07) is 6.44. The highest BCUT2D eigenvalue weighted by Crippen LogP contribution is 2.14. The number of carbonyl (C=O) groups excluding carboxylic acids is 1. The first-order valence-electron chi connectivity index (χ1n) is 4.34. The van der Waals surface area contributed by atoms with Crippen molar-refractivity contribution in [3.63, 3.8) is 0 Å². The number of carbonyl (C=O) groups is 1. The zero-order valence-electron chi connectivity index (χ0n) is 7.94. The minimum Gasteiger partial charge on any atom is -0.545 e. The number of benzene rings is 1. The number of aromatic carboxylic acids is 1. The van der Waals surface area contributed by atoms with Crippen LogP contribution >= 0.6 is 0 Å². The zero-order chi connectivity index (χ0) is 11.0. The van der Waals surface area contributed by atoms with Gasteiger partial charge in [0.05, 0.1) is 11.5 Å². The van der Waals surface area contributed by atoms with Crippen molar-refractivity contribution in [3.05, 3.63) is 45.8 Å². The average Bonchev–Trinajstić information content (AvgIpc) is 2.15. The maximum Gasteiger partial charge on any atom is 0.345 e. The van der Waals surface area contributed by atoms with Crippen molar-refractivity contribution in [2.75, 3.05) is 0 Å². The quantitative estimate of drug-likeness (QED) is 0.631. The minimum atomic E-state index is -1.52. The van der Waals surface area contributed by atoms with Crippen LogP contribution in [0.1, 0.15) is 15.9 Å². The van der Waals surface area contributed by atoms with E-state index in [1.54, 1.807) is 18.2 Å². The summed E-state index contributed by atoms with van der Waals surface area (Å²) in [6.07, 6.45) is 0. The molecule has 1 heterocycles. The van der Waals surface area contributed by atoms with Crippen LogP contribution in [0.5, 0.6) is 0 Å². The van der Waals surface area contributed by atoms with Crippen LogP contribution in [0, 0.1) is 6.92 Å². The van der Waals surface area contributed by atoms with Crippen molar-refractivity contribution in [1.82, 2.24) is 0 Å². The molecular weight excluding hydrogens is 196 g/mol. The lowest BCUT2D eigenvalue weighted by molar-refractivity contribution is -0.255. The van der Waals surface area contributed by atoms with Crippen LogP contribution in [0.25, 0.3) is 11.0 Å². The van der Waals surface area contributed by atoms with E-state index in [4.69, 9.17) is 4.42 Å². The number of fused-ring (bicyclic) bond motifs is 1. The summed E-state index contributed by atoms with van der Waals surface area (Å²) < 4.78 is 4.86. The molecule has 2 rings (SSSR count). The molecule has 4 nitrogen and oxygen atoms in total. The second-order valence-corrected chi connectivity index (χ2v) is 3.28. The number of hydrogen-bond acceptors (Lipinski definition) is 4. The van der Waals surface area contributed by atoms with E-state index in [1.165, 1.54) is 6.07 Å². The molecule has 2 aromatic rings. The van der Waals surface area contributed by atoms with Crippen LogP contribution in [0.15, 0.2) is 33.5 Å². The van der Waals surface area contributed by atoms with Crippen molar-refractivity contribution in [3.8, 4) is 0 Å². The molecule has 0 N–H and O–H groups in total. The van der Waals surface area contributed by atoms with Gasteiger partial charge in [-0.05, 0) is 24.6 Å². The number of hydrogen-bond donors (Lipinski definition) is 0. The van der Waals surface area contributed by atoms with E-state index in [1.807, 2.05) is 6.92 Å². The molecule has 0 radical (unpaired) electrons. The topological polar surface area (TPSA) is 70.3 Å². The van der Waals surface area contributed by atoms with E-state index in [9.17, 15) is 14.7 Å². The molecule has 0 spiro atoms. The molecule has 15 heavy (non-hydrogen) atoms. The maximum atomic E-state index is 11.2. The Bertz CT molecular complexity index is 595. The van der Waals surface area contributed by atoms with E-state index < -0.39 is 17.2 Å². The highest BCUT2D eigenvalue weighted by molar-refractivity contribution is 5.90. The molecule has 1 aromatic heterocycles. The van der Waals surface area contributed by atoms with E-state index in [2.05, 4.69) is 0 Å². The van der Waals surface area contributed by atoms with Gasteiger partial charge in [-0.3, -0.25) is 0 Å². The Labute approximate surface area is 84.8 Å². The molecule has 0 atom stereocenters. The standard InChI is InChI=1S/C11H8O4/c1-6-2-3-7-5-8(10(12)13)11(14)15-9(7)4-6/h2-5H,1H3,(H,12,13)/p-1. The normalized spacial score (nSPS) is 10.5. The highest BCUT2D eigenvalue weighted by atomic mass is 16.4. The lowest BCUT2D eigenvalue weighted by atomic mass is 10.1. The summed E-state index contributed by atoms with van der Waals surface area (Å²) in [5.41, 5.74) is -0.0173.